The molecule has 0 bridgehead atoms. The molecule has 0 N–H and O–H groups in total. The van der Waals surface area contributed by atoms with E-state index in [9.17, 15) is 0 Å². The van der Waals surface area contributed by atoms with Crippen LogP contribution >= 0.6 is 0 Å². The maximum atomic E-state index is 6.38. The second-order valence-electron chi connectivity index (χ2n) is 12.3. The molecule has 10 rings (SSSR count). The summed E-state index contributed by atoms with van der Waals surface area (Å²) in [6, 6.07) is 50.3. The zero-order chi connectivity index (χ0) is 32.3. The van der Waals surface area contributed by atoms with Crippen LogP contribution in [0.2, 0.25) is 0 Å². The van der Waals surface area contributed by atoms with Crippen molar-refractivity contribution in [3.8, 4) is 45.3 Å². The topological polar surface area (TPSA) is 64.7 Å². The van der Waals surface area contributed by atoms with Gasteiger partial charge in [0.1, 0.15) is 5.58 Å². The lowest BCUT2D eigenvalue weighted by atomic mass is 9.93. The number of aromatic nitrogens is 4. The van der Waals surface area contributed by atoms with E-state index in [-0.39, 0.29) is 0 Å². The molecule has 0 unspecified atom stereocenters. The van der Waals surface area contributed by atoms with Crippen molar-refractivity contribution < 1.29 is 4.42 Å². The normalized spacial score (nSPS) is 11.7. The Morgan fingerprint density at radius 3 is 1.78 bits per heavy atom. The Morgan fingerprint density at radius 1 is 0.367 bits per heavy atom. The fourth-order valence-electron chi connectivity index (χ4n) is 7.02. The third-order valence-corrected chi connectivity index (χ3v) is 9.38. The molecule has 3 heterocycles. The first kappa shape index (κ1) is 27.4. The van der Waals surface area contributed by atoms with Gasteiger partial charge in [0.05, 0.1) is 6.20 Å². The van der Waals surface area contributed by atoms with E-state index in [0.29, 0.717) is 17.5 Å². The van der Waals surface area contributed by atoms with E-state index in [1.54, 1.807) is 0 Å². The molecule has 0 aliphatic rings. The number of fused-ring (bicyclic) bond motifs is 6. The first-order chi connectivity index (χ1) is 24.3. The van der Waals surface area contributed by atoms with Crippen molar-refractivity contribution in [1.29, 1.82) is 0 Å². The van der Waals surface area contributed by atoms with Crippen molar-refractivity contribution in [2.75, 3.05) is 0 Å². The third kappa shape index (κ3) is 4.55. The van der Waals surface area contributed by atoms with Crippen LogP contribution in [0.5, 0.6) is 0 Å². The van der Waals surface area contributed by atoms with Crippen LogP contribution in [-0.2, 0) is 0 Å². The molecule has 49 heavy (non-hydrogen) atoms. The minimum Gasteiger partial charge on any atom is -0.454 e. The average molecular weight is 627 g/mol. The molecule has 3 aromatic heterocycles. The van der Waals surface area contributed by atoms with Gasteiger partial charge in [0.2, 0.25) is 0 Å². The van der Waals surface area contributed by atoms with Gasteiger partial charge in [0.25, 0.3) is 0 Å². The molecule has 0 spiro atoms. The summed E-state index contributed by atoms with van der Waals surface area (Å²) in [7, 11) is 0. The number of furan rings is 1. The molecule has 5 heteroatoms. The van der Waals surface area contributed by atoms with E-state index in [0.717, 1.165) is 71.3 Å². The number of rotatable bonds is 4. The van der Waals surface area contributed by atoms with E-state index in [1.807, 2.05) is 42.7 Å². The van der Waals surface area contributed by atoms with Crippen LogP contribution in [0.15, 0.2) is 162 Å². The predicted molar refractivity (Wildman–Crippen MR) is 199 cm³/mol. The molecule has 0 aliphatic heterocycles. The molecule has 228 valence electrons. The van der Waals surface area contributed by atoms with Gasteiger partial charge in [-0.05, 0) is 62.1 Å². The van der Waals surface area contributed by atoms with E-state index in [2.05, 4.69) is 120 Å². The summed E-state index contributed by atoms with van der Waals surface area (Å²) >= 11 is 0. The van der Waals surface area contributed by atoms with Crippen LogP contribution in [0.3, 0.4) is 0 Å². The lowest BCUT2D eigenvalue weighted by Gasteiger charge is -2.13. The number of hydrogen-bond acceptors (Lipinski definition) is 5. The van der Waals surface area contributed by atoms with E-state index < -0.39 is 0 Å². The lowest BCUT2D eigenvalue weighted by Crippen LogP contribution is -2.01. The van der Waals surface area contributed by atoms with Gasteiger partial charge in [0.15, 0.2) is 23.1 Å². The van der Waals surface area contributed by atoms with Gasteiger partial charge < -0.3 is 4.42 Å². The van der Waals surface area contributed by atoms with Crippen LogP contribution in [0.25, 0.3) is 99.5 Å². The van der Waals surface area contributed by atoms with Crippen molar-refractivity contribution in [3.63, 3.8) is 0 Å². The number of hydrogen-bond donors (Lipinski definition) is 0. The highest BCUT2D eigenvalue weighted by Crippen LogP contribution is 2.42. The summed E-state index contributed by atoms with van der Waals surface area (Å²) < 4.78 is 6.38. The molecule has 0 radical (unpaired) electrons. The van der Waals surface area contributed by atoms with Crippen LogP contribution < -0.4 is 0 Å². The van der Waals surface area contributed by atoms with Gasteiger partial charge in [-0.3, -0.25) is 4.98 Å². The highest BCUT2D eigenvalue weighted by molar-refractivity contribution is 6.18. The van der Waals surface area contributed by atoms with E-state index in [1.165, 1.54) is 10.8 Å². The second-order valence-corrected chi connectivity index (χ2v) is 12.3. The minimum atomic E-state index is 0.622. The first-order valence-electron chi connectivity index (χ1n) is 16.3. The van der Waals surface area contributed by atoms with Crippen LogP contribution in [0.4, 0.5) is 0 Å². The average Bonchev–Trinajstić information content (AvgIpc) is 3.54. The summed E-state index contributed by atoms with van der Waals surface area (Å²) in [5, 5.41) is 8.89. The monoisotopic (exact) mass is 626 g/mol. The van der Waals surface area contributed by atoms with Crippen molar-refractivity contribution in [2.45, 2.75) is 0 Å². The fraction of sp³-hybridized carbons (Fsp3) is 0. The SMILES string of the molecule is c1ccc(-c2nc(-c3ccc4ccccc4c3)nc(-c3ccc(-c4cncc5oc6cc7ccccc7cc6c45)c4ccccc34)n2)cc1. The molecule has 7 aromatic carbocycles. The zero-order valence-corrected chi connectivity index (χ0v) is 26.2. The summed E-state index contributed by atoms with van der Waals surface area (Å²) in [6.45, 7) is 0. The fourth-order valence-corrected chi connectivity index (χ4v) is 7.02. The zero-order valence-electron chi connectivity index (χ0n) is 26.2. The Morgan fingerprint density at radius 2 is 0.980 bits per heavy atom. The molecule has 0 saturated carbocycles. The largest absolute Gasteiger partial charge is 0.454 e. The molecular formula is C44H26N4O. The van der Waals surface area contributed by atoms with Gasteiger partial charge in [-0.1, -0.05) is 121 Å². The molecule has 0 atom stereocenters. The number of benzene rings is 7. The van der Waals surface area contributed by atoms with Crippen molar-refractivity contribution in [1.82, 2.24) is 19.9 Å². The molecule has 0 amide bonds. The van der Waals surface area contributed by atoms with Crippen molar-refractivity contribution in [2.24, 2.45) is 0 Å². The van der Waals surface area contributed by atoms with E-state index >= 15 is 0 Å². The summed E-state index contributed by atoms with van der Waals surface area (Å²) in [4.78, 5) is 19.8. The Labute approximate surface area is 281 Å². The molecule has 0 saturated heterocycles. The lowest BCUT2D eigenvalue weighted by molar-refractivity contribution is 0.667. The molecular weight excluding hydrogens is 601 g/mol. The van der Waals surface area contributed by atoms with Gasteiger partial charge >= 0.3 is 0 Å². The number of nitrogens with zero attached hydrogens (tertiary/aromatic N) is 4. The summed E-state index contributed by atoms with van der Waals surface area (Å²) in [6.07, 6.45) is 3.76. The highest BCUT2D eigenvalue weighted by Gasteiger charge is 2.19. The second kappa shape index (κ2) is 10.9. The molecule has 0 aliphatic carbocycles. The molecule has 10 aromatic rings. The predicted octanol–water partition coefficient (Wildman–Crippen LogP) is 11.3. The van der Waals surface area contributed by atoms with Gasteiger partial charge in [-0.15, -0.1) is 0 Å². The van der Waals surface area contributed by atoms with Gasteiger partial charge in [-0.25, -0.2) is 15.0 Å². The van der Waals surface area contributed by atoms with Gasteiger partial charge in [0, 0.05) is 39.2 Å². The quantitative estimate of drug-likeness (QED) is 0.194. The Bertz CT molecular complexity index is 2890. The Hall–Kier alpha value is -6.72. The summed E-state index contributed by atoms with van der Waals surface area (Å²) in [5.41, 5.74) is 6.52. The first-order valence-corrected chi connectivity index (χ1v) is 16.3. The molecule has 5 nitrogen and oxygen atoms in total. The standard InChI is InChI=1S/C44H26N4O/c1-2-11-28(12-3-1)42-46-43(32-19-18-27-10-4-5-13-29(27)22-32)48-44(47-42)36-21-20-35(33-16-8-9-17-34(33)36)38-25-45-26-40-41(38)37-23-30-14-6-7-15-31(30)24-39(37)49-40/h1-26H. The van der Waals surface area contributed by atoms with Crippen LogP contribution in [0.1, 0.15) is 0 Å². The van der Waals surface area contributed by atoms with Crippen LogP contribution in [-0.4, -0.2) is 19.9 Å². The Balaban J connectivity index is 1.19. The van der Waals surface area contributed by atoms with E-state index in [4.69, 9.17) is 19.4 Å². The summed E-state index contributed by atoms with van der Waals surface area (Å²) in [5.74, 6) is 1.89. The highest BCUT2D eigenvalue weighted by atomic mass is 16.3. The maximum Gasteiger partial charge on any atom is 0.164 e. The van der Waals surface area contributed by atoms with Gasteiger partial charge in [-0.2, -0.15) is 0 Å². The van der Waals surface area contributed by atoms with Crippen molar-refractivity contribution >= 4 is 54.3 Å². The number of pyridine rings is 1. The van der Waals surface area contributed by atoms with Crippen molar-refractivity contribution in [3.05, 3.63) is 158 Å². The molecule has 0 fully saturated rings. The maximum absolute atomic E-state index is 6.38. The smallest absolute Gasteiger partial charge is 0.164 e. The minimum absolute atomic E-state index is 0.622. The Kier molecular flexibility index (Phi) is 6.11. The third-order valence-electron chi connectivity index (χ3n) is 9.38. The van der Waals surface area contributed by atoms with Crippen LogP contribution in [0, 0.1) is 0 Å².